The van der Waals surface area contributed by atoms with Gasteiger partial charge in [-0.15, -0.1) is 0 Å². The zero-order valence-corrected chi connectivity index (χ0v) is 13.4. The first-order valence-electron chi connectivity index (χ1n) is 7.53. The number of rotatable bonds is 7. The molecule has 2 rings (SSSR count). The number of nitrogens with two attached hydrogens (primary N) is 1. The number of hydrogen-bond donors (Lipinski definition) is 2. The highest BCUT2D eigenvalue weighted by atomic mass is 32.2. The van der Waals surface area contributed by atoms with Crippen LogP contribution in [-0.4, -0.2) is 39.0 Å². The second-order valence-electron chi connectivity index (χ2n) is 5.56. The maximum absolute atomic E-state index is 12.2. The number of likely N-dealkylation sites (tertiary alicyclic amines) is 1. The smallest absolute Gasteiger partial charge is 0.215 e. The largest absolute Gasteiger partial charge is 0.326 e. The van der Waals surface area contributed by atoms with Crippen molar-refractivity contribution in [2.45, 2.75) is 38.1 Å². The lowest BCUT2D eigenvalue weighted by Gasteiger charge is -2.22. The highest BCUT2D eigenvalue weighted by Crippen LogP contribution is 2.16. The van der Waals surface area contributed by atoms with E-state index < -0.39 is 10.0 Å². The van der Waals surface area contributed by atoms with Crippen LogP contribution in [0.3, 0.4) is 0 Å². The van der Waals surface area contributed by atoms with E-state index in [0.29, 0.717) is 19.1 Å². The molecule has 1 aromatic rings. The van der Waals surface area contributed by atoms with Crippen molar-refractivity contribution in [2.24, 2.45) is 5.73 Å². The summed E-state index contributed by atoms with van der Waals surface area (Å²) in [7, 11) is -3.30. The summed E-state index contributed by atoms with van der Waals surface area (Å²) in [5.74, 6) is 0.0136. The fourth-order valence-electron chi connectivity index (χ4n) is 2.88. The summed E-state index contributed by atoms with van der Waals surface area (Å²) in [5.41, 5.74) is 7.32. The molecule has 0 radical (unpaired) electrons. The molecule has 0 bridgehead atoms. The molecule has 1 unspecified atom stereocenters. The molecule has 0 aromatic heterocycles. The Kier molecular flexibility index (Phi) is 5.75. The van der Waals surface area contributed by atoms with E-state index in [1.165, 1.54) is 0 Å². The minimum atomic E-state index is -3.30. The zero-order chi connectivity index (χ0) is 15.3. The van der Waals surface area contributed by atoms with Crippen molar-refractivity contribution in [1.29, 1.82) is 0 Å². The van der Waals surface area contributed by atoms with Gasteiger partial charge in [0.25, 0.3) is 0 Å². The topological polar surface area (TPSA) is 75.4 Å². The van der Waals surface area contributed by atoms with Crippen LogP contribution in [0.25, 0.3) is 0 Å². The third-order valence-electron chi connectivity index (χ3n) is 4.03. The molecule has 0 spiro atoms. The van der Waals surface area contributed by atoms with Crippen LogP contribution in [0, 0.1) is 0 Å². The van der Waals surface area contributed by atoms with E-state index in [2.05, 4.69) is 16.5 Å². The highest BCUT2D eigenvalue weighted by Gasteiger charge is 2.24. The van der Waals surface area contributed by atoms with Gasteiger partial charge in [-0.3, -0.25) is 4.90 Å². The molecule has 5 nitrogen and oxygen atoms in total. The molecule has 6 heteroatoms. The van der Waals surface area contributed by atoms with Crippen molar-refractivity contribution in [3.8, 4) is 0 Å². The number of likely N-dealkylation sites (N-methyl/N-ethyl adjacent to an activating group) is 1. The lowest BCUT2D eigenvalue weighted by atomic mass is 10.1. The van der Waals surface area contributed by atoms with Gasteiger partial charge in [0.15, 0.2) is 0 Å². The zero-order valence-electron chi connectivity index (χ0n) is 12.6. The molecular weight excluding hydrogens is 286 g/mol. The fraction of sp³-hybridized carbons (Fsp3) is 0.600. The second kappa shape index (κ2) is 7.35. The SMILES string of the molecule is CCN1CCCC1CNS(=O)(=O)Cc1cccc(CN)c1. The third-order valence-corrected chi connectivity index (χ3v) is 5.35. The van der Waals surface area contributed by atoms with Crippen LogP contribution < -0.4 is 10.5 Å². The van der Waals surface area contributed by atoms with Crippen molar-refractivity contribution in [1.82, 2.24) is 9.62 Å². The van der Waals surface area contributed by atoms with Crippen molar-refractivity contribution in [3.63, 3.8) is 0 Å². The lowest BCUT2D eigenvalue weighted by molar-refractivity contribution is 0.268. The molecule has 21 heavy (non-hydrogen) atoms. The summed E-state index contributed by atoms with van der Waals surface area (Å²) < 4.78 is 27.1. The second-order valence-corrected chi connectivity index (χ2v) is 7.36. The van der Waals surface area contributed by atoms with Gasteiger partial charge in [0.1, 0.15) is 0 Å². The maximum Gasteiger partial charge on any atom is 0.215 e. The Labute approximate surface area is 127 Å². The van der Waals surface area contributed by atoms with Gasteiger partial charge < -0.3 is 5.73 Å². The van der Waals surface area contributed by atoms with Crippen molar-refractivity contribution < 1.29 is 8.42 Å². The molecule has 0 amide bonds. The Balaban J connectivity index is 1.92. The van der Waals surface area contributed by atoms with Gasteiger partial charge in [-0.05, 0) is 37.1 Å². The first kappa shape index (κ1) is 16.4. The van der Waals surface area contributed by atoms with Crippen molar-refractivity contribution in [3.05, 3.63) is 35.4 Å². The number of benzene rings is 1. The Morgan fingerprint density at radius 2 is 2.14 bits per heavy atom. The van der Waals surface area contributed by atoms with E-state index in [1.807, 2.05) is 24.3 Å². The summed E-state index contributed by atoms with van der Waals surface area (Å²) in [6, 6.07) is 7.77. The fourth-order valence-corrected chi connectivity index (χ4v) is 4.05. The first-order valence-corrected chi connectivity index (χ1v) is 9.18. The highest BCUT2D eigenvalue weighted by molar-refractivity contribution is 7.88. The number of nitrogens with one attached hydrogen (secondary N) is 1. The average molecular weight is 311 g/mol. The molecule has 1 aromatic carbocycles. The van der Waals surface area contributed by atoms with E-state index in [0.717, 1.165) is 37.1 Å². The number of sulfonamides is 1. The predicted octanol–water partition coefficient (Wildman–Crippen LogP) is 1.05. The van der Waals surface area contributed by atoms with E-state index in [1.54, 1.807) is 0 Å². The normalized spacial score (nSPS) is 20.0. The molecule has 0 aliphatic carbocycles. The van der Waals surface area contributed by atoms with E-state index in [4.69, 9.17) is 5.73 Å². The van der Waals surface area contributed by atoms with Gasteiger partial charge in [-0.2, -0.15) is 0 Å². The van der Waals surface area contributed by atoms with Gasteiger partial charge in [-0.25, -0.2) is 13.1 Å². The van der Waals surface area contributed by atoms with Gasteiger partial charge in [-0.1, -0.05) is 31.2 Å². The molecule has 1 fully saturated rings. The summed E-state index contributed by atoms with van der Waals surface area (Å²) in [5, 5.41) is 0. The number of hydrogen-bond acceptors (Lipinski definition) is 4. The number of nitrogens with zero attached hydrogens (tertiary/aromatic N) is 1. The maximum atomic E-state index is 12.2. The average Bonchev–Trinajstić information content (AvgIpc) is 2.92. The summed E-state index contributed by atoms with van der Waals surface area (Å²) in [6.07, 6.45) is 2.22. The molecule has 1 atom stereocenters. The first-order chi connectivity index (χ1) is 10.0. The van der Waals surface area contributed by atoms with Crippen LogP contribution in [0.1, 0.15) is 30.9 Å². The third kappa shape index (κ3) is 4.78. The molecule has 1 heterocycles. The van der Waals surface area contributed by atoms with Gasteiger partial charge in [0.2, 0.25) is 10.0 Å². The molecule has 1 saturated heterocycles. The minimum Gasteiger partial charge on any atom is -0.326 e. The monoisotopic (exact) mass is 311 g/mol. The van der Waals surface area contributed by atoms with E-state index >= 15 is 0 Å². The van der Waals surface area contributed by atoms with Crippen LogP contribution in [0.2, 0.25) is 0 Å². The van der Waals surface area contributed by atoms with Crippen LogP contribution >= 0.6 is 0 Å². The molecule has 1 aliphatic rings. The van der Waals surface area contributed by atoms with Gasteiger partial charge in [0, 0.05) is 19.1 Å². The summed E-state index contributed by atoms with van der Waals surface area (Å²) >= 11 is 0. The van der Waals surface area contributed by atoms with E-state index in [-0.39, 0.29) is 5.75 Å². The Bertz CT molecular complexity index is 560. The molecule has 0 saturated carbocycles. The lowest BCUT2D eigenvalue weighted by Crippen LogP contribution is -2.40. The molecule has 3 N–H and O–H groups in total. The summed E-state index contributed by atoms with van der Waals surface area (Å²) in [6.45, 7) is 5.10. The Morgan fingerprint density at radius 1 is 1.38 bits per heavy atom. The van der Waals surface area contributed by atoms with Gasteiger partial charge in [0.05, 0.1) is 5.75 Å². The van der Waals surface area contributed by atoms with Crippen LogP contribution in [-0.2, 0) is 22.3 Å². The Hall–Kier alpha value is -0.950. The quantitative estimate of drug-likeness (QED) is 0.789. The minimum absolute atomic E-state index is 0.0136. The van der Waals surface area contributed by atoms with Crippen LogP contribution in [0.15, 0.2) is 24.3 Å². The van der Waals surface area contributed by atoms with Crippen LogP contribution in [0.5, 0.6) is 0 Å². The van der Waals surface area contributed by atoms with Gasteiger partial charge >= 0.3 is 0 Å². The molecule has 1 aliphatic heterocycles. The van der Waals surface area contributed by atoms with Crippen LogP contribution in [0.4, 0.5) is 0 Å². The standard InChI is InChI=1S/C15H25N3O2S/c1-2-18-8-4-7-15(18)11-17-21(19,20)12-14-6-3-5-13(9-14)10-16/h3,5-6,9,15,17H,2,4,7-8,10-12,16H2,1H3. The Morgan fingerprint density at radius 3 is 2.86 bits per heavy atom. The van der Waals surface area contributed by atoms with Crippen molar-refractivity contribution >= 4 is 10.0 Å². The summed E-state index contributed by atoms with van der Waals surface area (Å²) in [4.78, 5) is 2.33. The van der Waals surface area contributed by atoms with E-state index in [9.17, 15) is 8.42 Å². The van der Waals surface area contributed by atoms with Crippen molar-refractivity contribution in [2.75, 3.05) is 19.6 Å². The molecular formula is C15H25N3O2S. The molecule has 118 valence electrons. The predicted molar refractivity (Wildman–Crippen MR) is 85.2 cm³/mol.